The van der Waals surface area contributed by atoms with E-state index in [9.17, 15) is 0 Å². The van der Waals surface area contributed by atoms with Gasteiger partial charge in [-0.05, 0) is 93.3 Å². The van der Waals surface area contributed by atoms with Crippen LogP contribution in [0.15, 0.2) is 176 Å². The van der Waals surface area contributed by atoms with Crippen LogP contribution in [0, 0.1) is 0 Å². The van der Waals surface area contributed by atoms with E-state index in [1.54, 1.807) is 0 Å². The first-order chi connectivity index (χ1) is 26.8. The van der Waals surface area contributed by atoms with Crippen LogP contribution in [-0.2, 0) is 0 Å². The van der Waals surface area contributed by atoms with Crippen LogP contribution in [0.3, 0.4) is 0 Å². The van der Waals surface area contributed by atoms with Crippen LogP contribution in [0.2, 0.25) is 0 Å². The van der Waals surface area contributed by atoms with E-state index >= 15 is 0 Å². The van der Waals surface area contributed by atoms with Crippen LogP contribution in [-0.4, -0.2) is 0 Å². The van der Waals surface area contributed by atoms with Gasteiger partial charge in [-0.3, -0.25) is 0 Å². The Kier molecular flexibility index (Phi) is 6.61. The van der Waals surface area contributed by atoms with Gasteiger partial charge in [-0.15, -0.1) is 34.0 Å². The summed E-state index contributed by atoms with van der Waals surface area (Å²) in [6.45, 7) is 0. The largest absolute Gasteiger partial charge is 0.309 e. The second kappa shape index (κ2) is 11.7. The Balaban J connectivity index is 1.07. The summed E-state index contributed by atoms with van der Waals surface area (Å²) in [7, 11) is 0. The summed E-state index contributed by atoms with van der Waals surface area (Å²) in [6.07, 6.45) is 0. The van der Waals surface area contributed by atoms with E-state index in [2.05, 4.69) is 181 Å². The van der Waals surface area contributed by atoms with Gasteiger partial charge in [0, 0.05) is 67.2 Å². The fourth-order valence-corrected chi connectivity index (χ4v) is 12.1. The number of benzene rings is 9. The van der Waals surface area contributed by atoms with Gasteiger partial charge < -0.3 is 4.90 Å². The predicted molar refractivity (Wildman–Crippen MR) is 240 cm³/mol. The Labute approximate surface area is 323 Å². The third-order valence-corrected chi connectivity index (χ3v) is 14.5. The normalized spacial score (nSPS) is 12.1. The Hall–Kier alpha value is -6.04. The van der Waals surface area contributed by atoms with Crippen molar-refractivity contribution in [2.24, 2.45) is 0 Å². The first-order valence-corrected chi connectivity index (χ1v) is 20.7. The zero-order chi connectivity index (χ0) is 35.3. The van der Waals surface area contributed by atoms with Crippen LogP contribution >= 0.6 is 34.0 Å². The molecule has 54 heavy (non-hydrogen) atoms. The smallest absolute Gasteiger partial charge is 0.0640 e. The molecule has 0 N–H and O–H groups in total. The van der Waals surface area contributed by atoms with Crippen molar-refractivity contribution in [3.63, 3.8) is 0 Å². The molecule has 4 heteroatoms. The van der Waals surface area contributed by atoms with Crippen molar-refractivity contribution in [1.82, 2.24) is 0 Å². The van der Waals surface area contributed by atoms with E-state index < -0.39 is 0 Å². The summed E-state index contributed by atoms with van der Waals surface area (Å²) in [5, 5.41) is 13.1. The maximum absolute atomic E-state index is 2.46. The van der Waals surface area contributed by atoms with Crippen LogP contribution in [0.4, 0.5) is 17.1 Å². The van der Waals surface area contributed by atoms with Crippen molar-refractivity contribution < 1.29 is 0 Å². The molecule has 0 atom stereocenters. The second-order valence-corrected chi connectivity index (χ2v) is 17.2. The standard InChI is InChI=1S/C50H29NS3/c1-2-10-35-30(9-1)19-20-32-29-34(25-26-36(32)35)51(41-15-7-14-39-38-11-3-5-16-42(38)54-50(39)41)33-23-21-31(22-24-33)37-13-8-18-44-47(37)49-46(53-44)28-27-45-48(49)40-12-4-6-17-43(40)52-45/h1-29H. The molecule has 0 unspecified atom stereocenters. The molecule has 0 saturated heterocycles. The molecule has 12 rings (SSSR count). The van der Waals surface area contributed by atoms with Crippen LogP contribution in [0.5, 0.6) is 0 Å². The molecule has 0 radical (unpaired) electrons. The Morgan fingerprint density at radius 3 is 1.81 bits per heavy atom. The SMILES string of the molecule is c1ccc2c(c1)ccc1cc(N(c3ccc(-c4cccc5sc6ccc7sc8ccccc8c7c6c45)cc3)c3cccc4c3sc3ccccc34)ccc12. The maximum Gasteiger partial charge on any atom is 0.0640 e. The molecule has 1 nitrogen and oxygen atoms in total. The van der Waals surface area contributed by atoms with Gasteiger partial charge in [-0.1, -0.05) is 115 Å². The molecule has 0 fully saturated rings. The van der Waals surface area contributed by atoms with Crippen molar-refractivity contribution in [1.29, 1.82) is 0 Å². The lowest BCUT2D eigenvalue weighted by atomic mass is 9.97. The number of anilines is 3. The predicted octanol–water partition coefficient (Wildman–Crippen LogP) is 16.2. The topological polar surface area (TPSA) is 3.24 Å². The molecule has 0 aliphatic heterocycles. The summed E-state index contributed by atoms with van der Waals surface area (Å²) in [5.41, 5.74) is 5.99. The molecule has 0 spiro atoms. The average molecular weight is 740 g/mol. The van der Waals surface area contributed by atoms with Crippen molar-refractivity contribution in [2.45, 2.75) is 0 Å². The molecule has 3 aromatic heterocycles. The number of hydrogen-bond acceptors (Lipinski definition) is 4. The summed E-state index contributed by atoms with van der Waals surface area (Å²) < 4.78 is 7.97. The Bertz CT molecular complexity index is 3450. The van der Waals surface area contributed by atoms with Crippen molar-refractivity contribution in [2.75, 3.05) is 4.90 Å². The highest BCUT2D eigenvalue weighted by atomic mass is 32.1. The summed E-state index contributed by atoms with van der Waals surface area (Å²) >= 11 is 5.67. The molecular formula is C50H29NS3. The third-order valence-electron chi connectivity index (χ3n) is 11.0. The second-order valence-electron chi connectivity index (χ2n) is 14.0. The highest BCUT2D eigenvalue weighted by molar-refractivity contribution is 7.28. The molecule has 0 aliphatic rings. The number of rotatable bonds is 4. The molecule has 0 saturated carbocycles. The van der Waals surface area contributed by atoms with E-state index in [-0.39, 0.29) is 0 Å². The van der Waals surface area contributed by atoms with Gasteiger partial charge in [-0.25, -0.2) is 0 Å². The number of hydrogen-bond donors (Lipinski definition) is 0. The van der Waals surface area contributed by atoms with Crippen molar-refractivity contribution in [3.8, 4) is 11.1 Å². The van der Waals surface area contributed by atoms with E-state index in [1.807, 2.05) is 34.0 Å². The first kappa shape index (κ1) is 30.4. The van der Waals surface area contributed by atoms with Crippen molar-refractivity contribution >= 4 is 133 Å². The molecule has 9 aromatic carbocycles. The zero-order valence-corrected chi connectivity index (χ0v) is 31.4. The summed E-state index contributed by atoms with van der Waals surface area (Å²) in [6, 6.07) is 65.3. The van der Waals surface area contributed by atoms with E-state index in [4.69, 9.17) is 0 Å². The molecule has 252 valence electrons. The fourth-order valence-electron chi connectivity index (χ4n) is 8.63. The first-order valence-electron chi connectivity index (χ1n) is 18.2. The lowest BCUT2D eigenvalue weighted by molar-refractivity contribution is 1.31. The highest BCUT2D eigenvalue weighted by Gasteiger charge is 2.20. The van der Waals surface area contributed by atoms with Gasteiger partial charge in [-0.2, -0.15) is 0 Å². The van der Waals surface area contributed by atoms with Gasteiger partial charge in [0.05, 0.1) is 10.4 Å². The Morgan fingerprint density at radius 2 is 0.944 bits per heavy atom. The third kappa shape index (κ3) is 4.48. The molecule has 0 bridgehead atoms. The molecule has 0 aliphatic carbocycles. The maximum atomic E-state index is 2.46. The van der Waals surface area contributed by atoms with Gasteiger partial charge in [0.2, 0.25) is 0 Å². The van der Waals surface area contributed by atoms with Gasteiger partial charge in [0.1, 0.15) is 0 Å². The molecule has 0 amide bonds. The van der Waals surface area contributed by atoms with E-state index in [0.29, 0.717) is 0 Å². The van der Waals surface area contributed by atoms with Crippen LogP contribution in [0.1, 0.15) is 0 Å². The lowest BCUT2D eigenvalue weighted by Crippen LogP contribution is -2.10. The minimum atomic E-state index is 1.14. The van der Waals surface area contributed by atoms with E-state index in [0.717, 1.165) is 11.4 Å². The molecule has 3 heterocycles. The van der Waals surface area contributed by atoms with Gasteiger partial charge in [0.15, 0.2) is 0 Å². The molecular weight excluding hydrogens is 711 g/mol. The Morgan fingerprint density at radius 1 is 0.333 bits per heavy atom. The fraction of sp³-hybridized carbons (Fsp3) is 0. The molecule has 12 aromatic rings. The summed E-state index contributed by atoms with van der Waals surface area (Å²) in [4.78, 5) is 2.46. The minimum absolute atomic E-state index is 1.14. The van der Waals surface area contributed by atoms with Crippen LogP contribution in [0.25, 0.3) is 93.2 Å². The number of thiophene rings is 3. The quantitative estimate of drug-likeness (QED) is 0.163. The average Bonchev–Trinajstić information content (AvgIpc) is 3.92. The van der Waals surface area contributed by atoms with Crippen LogP contribution < -0.4 is 4.90 Å². The summed E-state index contributed by atoms with van der Waals surface area (Å²) in [5.74, 6) is 0. The van der Waals surface area contributed by atoms with Gasteiger partial charge in [0.25, 0.3) is 0 Å². The highest BCUT2D eigenvalue weighted by Crippen LogP contribution is 2.49. The lowest BCUT2D eigenvalue weighted by Gasteiger charge is -2.27. The number of fused-ring (bicyclic) bond motifs is 13. The van der Waals surface area contributed by atoms with Gasteiger partial charge >= 0.3 is 0 Å². The van der Waals surface area contributed by atoms with E-state index in [1.165, 1.54) is 98.9 Å². The number of nitrogens with zero attached hydrogens (tertiary/aromatic N) is 1. The van der Waals surface area contributed by atoms with Crippen molar-refractivity contribution in [3.05, 3.63) is 176 Å². The monoisotopic (exact) mass is 739 g/mol. The zero-order valence-electron chi connectivity index (χ0n) is 28.9. The minimum Gasteiger partial charge on any atom is -0.309 e.